The first-order valence-corrected chi connectivity index (χ1v) is 13.5. The third kappa shape index (κ3) is 4.32. The highest BCUT2D eigenvalue weighted by Crippen LogP contribution is 2.37. The first-order chi connectivity index (χ1) is 20.0. The number of imidazole rings is 2. The SMILES string of the molecule is Cc1nc(Oc2ccc3oc4ccc(Oc5nc(C)n(-c6ccccc6)c5C)cc4c3c2)c(C)n1-c1ccccc1. The largest absolute Gasteiger partial charge is 0.456 e. The van der Waals surface area contributed by atoms with Crippen molar-refractivity contribution in [2.24, 2.45) is 0 Å². The van der Waals surface area contributed by atoms with Gasteiger partial charge >= 0.3 is 0 Å². The topological polar surface area (TPSA) is 67.2 Å². The van der Waals surface area contributed by atoms with E-state index in [1.165, 1.54) is 0 Å². The van der Waals surface area contributed by atoms with Gasteiger partial charge in [0.25, 0.3) is 0 Å². The molecule has 7 rings (SSSR count). The lowest BCUT2D eigenvalue weighted by atomic mass is 10.1. The molecule has 0 aliphatic heterocycles. The zero-order valence-electron chi connectivity index (χ0n) is 23.3. The molecule has 0 saturated heterocycles. The Hall–Kier alpha value is -5.30. The minimum Gasteiger partial charge on any atom is -0.456 e. The van der Waals surface area contributed by atoms with Crippen molar-refractivity contribution in [3.8, 4) is 34.6 Å². The van der Waals surface area contributed by atoms with Crippen molar-refractivity contribution < 1.29 is 13.9 Å². The van der Waals surface area contributed by atoms with Gasteiger partial charge in [-0.2, -0.15) is 9.97 Å². The fourth-order valence-corrected chi connectivity index (χ4v) is 5.43. The monoisotopic (exact) mass is 540 g/mol. The molecule has 0 fully saturated rings. The summed E-state index contributed by atoms with van der Waals surface area (Å²) in [5.74, 6) is 4.23. The Morgan fingerprint density at radius 1 is 0.537 bits per heavy atom. The number of ether oxygens (including phenoxy) is 2. The summed E-state index contributed by atoms with van der Waals surface area (Å²) in [5.41, 5.74) is 5.50. The van der Waals surface area contributed by atoms with Gasteiger partial charge in [0.05, 0.1) is 11.4 Å². The van der Waals surface area contributed by atoms with E-state index in [9.17, 15) is 0 Å². The number of para-hydroxylation sites is 2. The minimum atomic E-state index is 0.572. The maximum atomic E-state index is 6.30. The van der Waals surface area contributed by atoms with Gasteiger partial charge in [-0.05, 0) is 88.4 Å². The van der Waals surface area contributed by atoms with E-state index < -0.39 is 0 Å². The van der Waals surface area contributed by atoms with Crippen LogP contribution in [0.4, 0.5) is 0 Å². The quantitative estimate of drug-likeness (QED) is 0.211. The van der Waals surface area contributed by atoms with Crippen LogP contribution in [0, 0.1) is 27.7 Å². The van der Waals surface area contributed by atoms with Gasteiger partial charge in [0.1, 0.15) is 34.3 Å². The van der Waals surface area contributed by atoms with Gasteiger partial charge in [-0.25, -0.2) is 0 Å². The Balaban J connectivity index is 1.21. The van der Waals surface area contributed by atoms with Gasteiger partial charge in [-0.1, -0.05) is 36.4 Å². The molecule has 0 aliphatic carbocycles. The number of aryl methyl sites for hydroxylation is 2. The number of aromatic nitrogens is 4. The predicted octanol–water partition coefficient (Wildman–Crippen LogP) is 8.78. The highest BCUT2D eigenvalue weighted by atomic mass is 16.5. The second-order valence-corrected chi connectivity index (χ2v) is 10.1. The van der Waals surface area contributed by atoms with E-state index in [4.69, 9.17) is 23.9 Å². The van der Waals surface area contributed by atoms with Gasteiger partial charge in [0.2, 0.25) is 11.8 Å². The van der Waals surface area contributed by atoms with Crippen molar-refractivity contribution in [2.75, 3.05) is 0 Å². The minimum absolute atomic E-state index is 0.572. The standard InChI is InChI=1S/C34H28N4O3/c1-21-33(35-23(3)37(21)25-11-7-5-8-12-25)39-27-15-17-31-29(19-27)30-20-28(16-18-32(30)41-31)40-34-22(2)38(24(4)36-34)26-13-9-6-10-14-26/h5-20H,1-4H3. The molecular formula is C34H28N4O3. The fraction of sp³-hybridized carbons (Fsp3) is 0.118. The molecule has 7 nitrogen and oxygen atoms in total. The summed E-state index contributed by atoms with van der Waals surface area (Å²) >= 11 is 0. The van der Waals surface area contributed by atoms with Crippen molar-refractivity contribution in [1.82, 2.24) is 19.1 Å². The van der Waals surface area contributed by atoms with Gasteiger partial charge in [-0.3, -0.25) is 9.13 Å². The van der Waals surface area contributed by atoms with Crippen LogP contribution in [-0.2, 0) is 0 Å². The van der Waals surface area contributed by atoms with Gasteiger partial charge in [0.15, 0.2) is 0 Å². The van der Waals surface area contributed by atoms with Crippen LogP contribution in [0.2, 0.25) is 0 Å². The molecule has 0 spiro atoms. The number of nitrogens with zero attached hydrogens (tertiary/aromatic N) is 4. The lowest BCUT2D eigenvalue weighted by Gasteiger charge is -2.08. The van der Waals surface area contributed by atoms with E-state index >= 15 is 0 Å². The summed E-state index contributed by atoms with van der Waals surface area (Å²) in [6, 6.07) is 31.9. The van der Waals surface area contributed by atoms with Crippen LogP contribution < -0.4 is 9.47 Å². The van der Waals surface area contributed by atoms with Crippen LogP contribution in [-0.4, -0.2) is 19.1 Å². The Morgan fingerprint density at radius 2 is 0.951 bits per heavy atom. The van der Waals surface area contributed by atoms with Crippen LogP contribution in [0.3, 0.4) is 0 Å². The Bertz CT molecular complexity index is 1890. The van der Waals surface area contributed by atoms with E-state index in [0.29, 0.717) is 23.3 Å². The van der Waals surface area contributed by atoms with Crippen molar-refractivity contribution >= 4 is 21.9 Å². The predicted molar refractivity (Wildman–Crippen MR) is 160 cm³/mol. The molecule has 0 N–H and O–H groups in total. The maximum absolute atomic E-state index is 6.30. The summed E-state index contributed by atoms with van der Waals surface area (Å²) in [5, 5.41) is 1.87. The number of furan rings is 1. The average Bonchev–Trinajstić information content (AvgIpc) is 3.58. The summed E-state index contributed by atoms with van der Waals surface area (Å²) < 4.78 is 22.9. The first-order valence-electron chi connectivity index (χ1n) is 13.5. The average molecular weight is 541 g/mol. The molecule has 7 aromatic rings. The normalized spacial score (nSPS) is 11.4. The smallest absolute Gasteiger partial charge is 0.240 e. The number of fused-ring (bicyclic) bond motifs is 3. The zero-order valence-corrected chi connectivity index (χ0v) is 23.3. The van der Waals surface area contributed by atoms with Crippen molar-refractivity contribution in [2.45, 2.75) is 27.7 Å². The molecule has 202 valence electrons. The van der Waals surface area contributed by atoms with E-state index in [1.807, 2.05) is 100 Å². The molecular weight excluding hydrogens is 512 g/mol. The van der Waals surface area contributed by atoms with E-state index in [0.717, 1.165) is 56.3 Å². The molecule has 0 bridgehead atoms. The molecule has 3 heterocycles. The summed E-state index contributed by atoms with van der Waals surface area (Å²) in [6.45, 7) is 7.99. The first kappa shape index (κ1) is 24.7. The van der Waals surface area contributed by atoms with E-state index in [2.05, 4.69) is 33.4 Å². The maximum Gasteiger partial charge on any atom is 0.240 e. The molecule has 0 amide bonds. The van der Waals surface area contributed by atoms with Crippen molar-refractivity contribution in [1.29, 1.82) is 0 Å². The lowest BCUT2D eigenvalue weighted by molar-refractivity contribution is 0.461. The Morgan fingerprint density at radius 3 is 1.37 bits per heavy atom. The van der Waals surface area contributed by atoms with Crippen LogP contribution in [0.5, 0.6) is 23.3 Å². The van der Waals surface area contributed by atoms with Crippen LogP contribution >= 0.6 is 0 Å². The summed E-state index contributed by atoms with van der Waals surface area (Å²) in [7, 11) is 0. The molecule has 0 radical (unpaired) electrons. The van der Waals surface area contributed by atoms with Gasteiger partial charge in [-0.15, -0.1) is 0 Å². The molecule has 3 aromatic heterocycles. The second kappa shape index (κ2) is 9.71. The Labute approximate surface area is 237 Å². The number of benzene rings is 4. The highest BCUT2D eigenvalue weighted by molar-refractivity contribution is 6.05. The molecule has 0 unspecified atom stereocenters. The van der Waals surface area contributed by atoms with E-state index in [1.54, 1.807) is 0 Å². The van der Waals surface area contributed by atoms with Gasteiger partial charge < -0.3 is 13.9 Å². The molecule has 4 aromatic carbocycles. The molecule has 0 atom stereocenters. The summed E-state index contributed by atoms with van der Waals surface area (Å²) in [6.07, 6.45) is 0. The number of hydrogen-bond acceptors (Lipinski definition) is 5. The molecule has 0 aliphatic rings. The van der Waals surface area contributed by atoms with Crippen LogP contribution in [0.15, 0.2) is 101 Å². The number of rotatable bonds is 6. The molecule has 7 heteroatoms. The highest BCUT2D eigenvalue weighted by Gasteiger charge is 2.18. The van der Waals surface area contributed by atoms with Gasteiger partial charge in [0, 0.05) is 22.1 Å². The molecule has 41 heavy (non-hydrogen) atoms. The lowest BCUT2D eigenvalue weighted by Crippen LogP contribution is -1.98. The number of hydrogen-bond donors (Lipinski definition) is 0. The van der Waals surface area contributed by atoms with Crippen LogP contribution in [0.25, 0.3) is 33.3 Å². The van der Waals surface area contributed by atoms with E-state index in [-0.39, 0.29) is 0 Å². The summed E-state index contributed by atoms with van der Waals surface area (Å²) in [4.78, 5) is 9.40. The third-order valence-corrected chi connectivity index (χ3v) is 7.33. The Kier molecular flexibility index (Phi) is 5.86. The van der Waals surface area contributed by atoms with Crippen molar-refractivity contribution in [3.05, 3.63) is 120 Å². The molecule has 0 saturated carbocycles. The van der Waals surface area contributed by atoms with Crippen LogP contribution in [0.1, 0.15) is 23.0 Å². The second-order valence-electron chi connectivity index (χ2n) is 10.1. The van der Waals surface area contributed by atoms with Crippen molar-refractivity contribution in [3.63, 3.8) is 0 Å². The fourth-order valence-electron chi connectivity index (χ4n) is 5.43. The zero-order chi connectivity index (χ0) is 28.1. The third-order valence-electron chi connectivity index (χ3n) is 7.33.